The van der Waals surface area contributed by atoms with E-state index in [0.717, 1.165) is 19.3 Å². The summed E-state index contributed by atoms with van der Waals surface area (Å²) in [6, 6.07) is -0.150. The topological polar surface area (TPSA) is 59.8 Å². The lowest BCUT2D eigenvalue weighted by atomic mass is 9.95. The smallest absolute Gasteiger partial charge is 0.381 e. The largest absolute Gasteiger partial charge is 0.408 e. The van der Waals surface area contributed by atoms with Gasteiger partial charge in [0.2, 0.25) is 5.95 Å². The molecular weight excluding hydrogens is 413 g/mol. The van der Waals surface area contributed by atoms with Gasteiger partial charge in [-0.05, 0) is 38.5 Å². The molecule has 0 saturated carbocycles. The van der Waals surface area contributed by atoms with E-state index in [1.54, 1.807) is 0 Å². The first-order valence-electron chi connectivity index (χ1n) is 11.2. The molecule has 0 amide bonds. The van der Waals surface area contributed by atoms with Crippen LogP contribution in [-0.2, 0) is 16.0 Å². The van der Waals surface area contributed by atoms with Gasteiger partial charge in [-0.1, -0.05) is 0 Å². The lowest BCUT2D eigenvalue weighted by Crippen LogP contribution is -2.53. The highest BCUT2D eigenvalue weighted by atomic mass is 19.4. The Morgan fingerprint density at radius 1 is 1.26 bits per heavy atom. The van der Waals surface area contributed by atoms with E-state index < -0.39 is 12.2 Å². The predicted octanol–water partition coefficient (Wildman–Crippen LogP) is 2.57. The highest BCUT2D eigenvalue weighted by molar-refractivity contribution is 5.50. The molecule has 4 aliphatic heterocycles. The normalized spacial score (nSPS) is 31.4. The fourth-order valence-electron chi connectivity index (χ4n) is 5.55. The van der Waals surface area contributed by atoms with Crippen molar-refractivity contribution < 1.29 is 22.6 Å². The molecule has 3 atom stereocenters. The number of alkyl halides is 3. The van der Waals surface area contributed by atoms with E-state index in [1.165, 1.54) is 15.5 Å². The van der Waals surface area contributed by atoms with Crippen LogP contribution < -0.4 is 15.4 Å². The molecule has 10 heteroatoms. The van der Waals surface area contributed by atoms with E-state index in [4.69, 9.17) is 9.47 Å². The minimum atomic E-state index is -4.37. The van der Waals surface area contributed by atoms with E-state index in [2.05, 4.69) is 11.9 Å². The van der Waals surface area contributed by atoms with Crippen LogP contribution in [0.25, 0.3) is 0 Å². The molecule has 172 valence electrons. The zero-order valence-electron chi connectivity index (χ0n) is 17.7. The Labute approximate surface area is 179 Å². The van der Waals surface area contributed by atoms with Crippen molar-refractivity contribution in [2.45, 2.75) is 69.4 Å². The van der Waals surface area contributed by atoms with Gasteiger partial charge in [0.25, 0.3) is 5.56 Å². The lowest BCUT2D eigenvalue weighted by molar-refractivity contribution is -0.152. The van der Waals surface area contributed by atoms with Crippen molar-refractivity contribution in [2.75, 3.05) is 42.7 Å². The molecule has 0 aliphatic carbocycles. The van der Waals surface area contributed by atoms with Gasteiger partial charge in [-0.2, -0.15) is 18.2 Å². The van der Waals surface area contributed by atoms with Crippen LogP contribution in [-0.4, -0.2) is 66.3 Å². The summed E-state index contributed by atoms with van der Waals surface area (Å²) in [4.78, 5) is 20.9. The van der Waals surface area contributed by atoms with Gasteiger partial charge in [0, 0.05) is 45.3 Å². The second kappa shape index (κ2) is 7.65. The standard InChI is InChI=1S/C21H29F3N4O3/c1-20-11-15(31-13-20)12-28(20)17-10-18(29)27-7-3-16(21(22,23)24)26(19(27)25-17)6-2-14-4-8-30-9-5-14/h10,14-16H,2-9,11-13H2,1H3/t15-,16-,20-/m0/s1. The van der Waals surface area contributed by atoms with Crippen LogP contribution in [0, 0.1) is 5.92 Å². The Hall–Kier alpha value is -1.81. The van der Waals surface area contributed by atoms with Crippen molar-refractivity contribution in [3.8, 4) is 0 Å². The summed E-state index contributed by atoms with van der Waals surface area (Å²) < 4.78 is 54.3. The molecule has 31 heavy (non-hydrogen) atoms. The van der Waals surface area contributed by atoms with Crippen LogP contribution in [0.5, 0.6) is 0 Å². The first-order valence-corrected chi connectivity index (χ1v) is 11.2. The Morgan fingerprint density at radius 2 is 2.03 bits per heavy atom. The lowest BCUT2D eigenvalue weighted by Gasteiger charge is -2.41. The second-order valence-corrected chi connectivity index (χ2v) is 9.53. The molecule has 1 aromatic heterocycles. The van der Waals surface area contributed by atoms with Crippen LogP contribution in [0.3, 0.4) is 0 Å². The molecule has 0 radical (unpaired) electrons. The van der Waals surface area contributed by atoms with E-state index in [1.807, 2.05) is 4.90 Å². The molecule has 0 N–H and O–H groups in total. The van der Waals surface area contributed by atoms with Gasteiger partial charge >= 0.3 is 6.18 Å². The van der Waals surface area contributed by atoms with Crippen LogP contribution in [0.15, 0.2) is 10.9 Å². The number of fused-ring (bicyclic) bond motifs is 3. The minimum Gasteiger partial charge on any atom is -0.381 e. The Balaban J connectivity index is 1.48. The van der Waals surface area contributed by atoms with E-state index in [0.29, 0.717) is 44.5 Å². The summed E-state index contributed by atoms with van der Waals surface area (Å²) in [6.07, 6.45) is -1.24. The first kappa shape index (κ1) is 21.1. The molecule has 2 bridgehead atoms. The zero-order chi connectivity index (χ0) is 21.8. The van der Waals surface area contributed by atoms with Gasteiger partial charge in [-0.3, -0.25) is 9.36 Å². The predicted molar refractivity (Wildman–Crippen MR) is 109 cm³/mol. The number of hydrogen-bond acceptors (Lipinski definition) is 6. The molecule has 0 spiro atoms. The maximum atomic E-state index is 13.9. The third-order valence-electron chi connectivity index (χ3n) is 7.34. The maximum absolute atomic E-state index is 13.9. The van der Waals surface area contributed by atoms with Crippen molar-refractivity contribution in [3.63, 3.8) is 0 Å². The molecule has 0 unspecified atom stereocenters. The molecule has 3 saturated heterocycles. The molecule has 4 aliphatic rings. The van der Waals surface area contributed by atoms with Crippen molar-refractivity contribution in [3.05, 3.63) is 16.4 Å². The van der Waals surface area contributed by atoms with Crippen molar-refractivity contribution in [1.29, 1.82) is 0 Å². The fraction of sp³-hybridized carbons (Fsp3) is 0.810. The number of nitrogens with zero attached hydrogens (tertiary/aromatic N) is 4. The third kappa shape index (κ3) is 3.82. The van der Waals surface area contributed by atoms with Crippen LogP contribution in [0.1, 0.15) is 39.0 Å². The van der Waals surface area contributed by atoms with E-state index in [9.17, 15) is 18.0 Å². The number of aromatic nitrogens is 2. The van der Waals surface area contributed by atoms with Crippen molar-refractivity contribution in [2.24, 2.45) is 5.92 Å². The second-order valence-electron chi connectivity index (χ2n) is 9.53. The summed E-state index contributed by atoms with van der Waals surface area (Å²) in [5.74, 6) is 0.942. The average Bonchev–Trinajstić information content (AvgIpc) is 3.27. The average molecular weight is 442 g/mol. The summed E-state index contributed by atoms with van der Waals surface area (Å²) >= 11 is 0. The fourth-order valence-corrected chi connectivity index (χ4v) is 5.55. The van der Waals surface area contributed by atoms with E-state index in [-0.39, 0.29) is 42.7 Å². The Bertz CT molecular complexity index is 886. The number of anilines is 2. The van der Waals surface area contributed by atoms with E-state index >= 15 is 0 Å². The van der Waals surface area contributed by atoms with Gasteiger partial charge < -0.3 is 19.3 Å². The minimum absolute atomic E-state index is 0.0302. The Kier molecular flexibility index (Phi) is 5.20. The molecular formula is C21H29F3N4O3. The first-order chi connectivity index (χ1) is 14.7. The Morgan fingerprint density at radius 3 is 2.68 bits per heavy atom. The monoisotopic (exact) mass is 442 g/mol. The van der Waals surface area contributed by atoms with Crippen LogP contribution in [0.4, 0.5) is 24.9 Å². The quantitative estimate of drug-likeness (QED) is 0.715. The molecule has 7 nitrogen and oxygen atoms in total. The van der Waals surface area contributed by atoms with Crippen LogP contribution >= 0.6 is 0 Å². The third-order valence-corrected chi connectivity index (χ3v) is 7.34. The van der Waals surface area contributed by atoms with Crippen molar-refractivity contribution in [1.82, 2.24) is 9.55 Å². The molecule has 3 fully saturated rings. The van der Waals surface area contributed by atoms with Gasteiger partial charge in [0.1, 0.15) is 11.9 Å². The molecule has 0 aromatic carbocycles. The van der Waals surface area contributed by atoms with Gasteiger partial charge in [0.05, 0.1) is 18.2 Å². The highest BCUT2D eigenvalue weighted by Gasteiger charge is 2.50. The molecule has 5 rings (SSSR count). The maximum Gasteiger partial charge on any atom is 0.408 e. The van der Waals surface area contributed by atoms with Gasteiger partial charge in [-0.25, -0.2) is 0 Å². The number of hydrogen-bond donors (Lipinski definition) is 0. The summed E-state index contributed by atoms with van der Waals surface area (Å²) in [6.45, 7) is 4.77. The summed E-state index contributed by atoms with van der Waals surface area (Å²) in [5.41, 5.74) is -0.558. The SMILES string of the molecule is C[C@]12CO[C@H](CN1c1cc(=O)n3c(n1)N(CCC1CCOCC1)[C@H](C(F)(F)F)CC3)C2. The number of halogens is 3. The zero-order valence-corrected chi connectivity index (χ0v) is 17.7. The van der Waals surface area contributed by atoms with Gasteiger partial charge in [-0.15, -0.1) is 0 Å². The summed E-state index contributed by atoms with van der Waals surface area (Å²) in [5, 5.41) is 0. The molecule has 5 heterocycles. The molecule has 1 aromatic rings. The number of morpholine rings is 1. The van der Waals surface area contributed by atoms with Gasteiger partial charge in [0.15, 0.2) is 0 Å². The summed E-state index contributed by atoms with van der Waals surface area (Å²) in [7, 11) is 0. The number of rotatable bonds is 4. The number of ether oxygens (including phenoxy) is 2. The highest BCUT2D eigenvalue weighted by Crippen LogP contribution is 2.41. The van der Waals surface area contributed by atoms with Crippen LogP contribution in [0.2, 0.25) is 0 Å². The van der Waals surface area contributed by atoms with Crippen molar-refractivity contribution >= 4 is 11.8 Å².